The third-order valence-corrected chi connectivity index (χ3v) is 5.92. The van der Waals surface area contributed by atoms with Gasteiger partial charge < -0.3 is 15.5 Å². The molecule has 1 saturated heterocycles. The number of carbonyl (C=O) groups excluding carboxylic acids is 2. The Kier molecular flexibility index (Phi) is 6.17. The lowest BCUT2D eigenvalue weighted by Gasteiger charge is -2.23. The highest BCUT2D eigenvalue weighted by Gasteiger charge is 2.33. The van der Waals surface area contributed by atoms with Crippen molar-refractivity contribution in [2.45, 2.75) is 25.4 Å². The van der Waals surface area contributed by atoms with Crippen molar-refractivity contribution in [1.29, 1.82) is 0 Å². The standard InChI is InChI=1S/C21H19F2N5O2S/c22-14-5-3-13(4-6-14)12-24-21(30)28-11-1-2-17(28)19-26-27-20(31-19)18(29)25-16-9-7-15(23)8-10-16/h3-10,17H,1-2,11-12H2,(H,24,30)(H,25,29)/t17-/m1/s1. The number of halogens is 2. The van der Waals surface area contributed by atoms with E-state index in [1.807, 2.05) is 0 Å². The zero-order chi connectivity index (χ0) is 21.8. The normalized spacial score (nSPS) is 15.7. The molecular formula is C21H19F2N5O2S. The predicted octanol–water partition coefficient (Wildman–Crippen LogP) is 4.12. The fraction of sp³-hybridized carbons (Fsp3) is 0.238. The second-order valence-corrected chi connectivity index (χ2v) is 8.05. The van der Waals surface area contributed by atoms with Crippen LogP contribution in [0.2, 0.25) is 0 Å². The lowest BCUT2D eigenvalue weighted by atomic mass is 10.2. The van der Waals surface area contributed by atoms with Gasteiger partial charge in [-0.05, 0) is 54.8 Å². The average molecular weight is 443 g/mol. The first kappa shape index (κ1) is 20.9. The first-order valence-electron chi connectivity index (χ1n) is 9.69. The van der Waals surface area contributed by atoms with E-state index in [4.69, 9.17) is 0 Å². The fourth-order valence-corrected chi connectivity index (χ4v) is 4.21. The van der Waals surface area contributed by atoms with Crippen molar-refractivity contribution in [3.05, 3.63) is 75.7 Å². The molecule has 10 heteroatoms. The number of rotatable bonds is 5. The molecule has 3 amide bonds. The molecule has 2 aromatic carbocycles. The monoisotopic (exact) mass is 443 g/mol. The molecule has 0 saturated carbocycles. The van der Waals surface area contributed by atoms with Crippen molar-refractivity contribution >= 4 is 29.0 Å². The number of anilines is 1. The Balaban J connectivity index is 1.38. The van der Waals surface area contributed by atoms with Crippen LogP contribution in [0.3, 0.4) is 0 Å². The van der Waals surface area contributed by atoms with Gasteiger partial charge in [0.2, 0.25) is 5.01 Å². The summed E-state index contributed by atoms with van der Waals surface area (Å²) in [5, 5.41) is 14.3. The topological polar surface area (TPSA) is 87.2 Å². The van der Waals surface area contributed by atoms with Gasteiger partial charge in [-0.25, -0.2) is 13.6 Å². The zero-order valence-electron chi connectivity index (χ0n) is 16.3. The van der Waals surface area contributed by atoms with E-state index < -0.39 is 11.7 Å². The maximum Gasteiger partial charge on any atom is 0.318 e. The second kappa shape index (κ2) is 9.17. The quantitative estimate of drug-likeness (QED) is 0.621. The molecule has 2 N–H and O–H groups in total. The number of urea groups is 1. The van der Waals surface area contributed by atoms with Crippen LogP contribution in [0.25, 0.3) is 0 Å². The Labute approximate surface area is 181 Å². The van der Waals surface area contributed by atoms with E-state index in [2.05, 4.69) is 20.8 Å². The van der Waals surface area contributed by atoms with Crippen LogP contribution < -0.4 is 10.6 Å². The highest BCUT2D eigenvalue weighted by Crippen LogP contribution is 2.33. The van der Waals surface area contributed by atoms with E-state index in [9.17, 15) is 18.4 Å². The van der Waals surface area contributed by atoms with Crippen molar-refractivity contribution in [3.63, 3.8) is 0 Å². The van der Waals surface area contributed by atoms with Crippen molar-refractivity contribution in [2.24, 2.45) is 0 Å². The van der Waals surface area contributed by atoms with Gasteiger partial charge in [0.1, 0.15) is 16.6 Å². The van der Waals surface area contributed by atoms with Crippen LogP contribution in [0.1, 0.15) is 39.3 Å². The fourth-order valence-electron chi connectivity index (χ4n) is 3.33. The number of amides is 3. The van der Waals surface area contributed by atoms with Crippen LogP contribution in [0.15, 0.2) is 48.5 Å². The van der Waals surface area contributed by atoms with E-state index in [1.54, 1.807) is 17.0 Å². The number of carbonyl (C=O) groups is 2. The van der Waals surface area contributed by atoms with Crippen LogP contribution in [0.5, 0.6) is 0 Å². The van der Waals surface area contributed by atoms with Crippen LogP contribution in [0, 0.1) is 11.6 Å². The van der Waals surface area contributed by atoms with Gasteiger partial charge in [-0.15, -0.1) is 10.2 Å². The minimum atomic E-state index is -0.444. The number of hydrogen-bond donors (Lipinski definition) is 2. The number of benzene rings is 2. The summed E-state index contributed by atoms with van der Waals surface area (Å²) < 4.78 is 26.0. The molecule has 4 rings (SSSR count). The number of likely N-dealkylation sites (tertiary alicyclic amines) is 1. The molecule has 1 aliphatic rings. The lowest BCUT2D eigenvalue weighted by Crippen LogP contribution is -2.39. The maximum absolute atomic E-state index is 13.0. The SMILES string of the molecule is O=C(Nc1ccc(F)cc1)c1nnc([C@H]2CCCN2C(=O)NCc2ccc(F)cc2)s1. The van der Waals surface area contributed by atoms with Gasteiger partial charge in [-0.1, -0.05) is 23.5 Å². The van der Waals surface area contributed by atoms with E-state index >= 15 is 0 Å². The predicted molar refractivity (Wildman–Crippen MR) is 112 cm³/mol. The van der Waals surface area contributed by atoms with Crippen LogP contribution >= 0.6 is 11.3 Å². The summed E-state index contributed by atoms with van der Waals surface area (Å²) in [5.41, 5.74) is 1.24. The molecule has 7 nitrogen and oxygen atoms in total. The Bertz CT molecular complexity index is 1070. The molecule has 31 heavy (non-hydrogen) atoms. The molecule has 160 valence electrons. The number of aromatic nitrogens is 2. The average Bonchev–Trinajstić information content (AvgIpc) is 3.44. The van der Waals surface area contributed by atoms with Gasteiger partial charge in [0.05, 0.1) is 6.04 Å². The van der Waals surface area contributed by atoms with Gasteiger partial charge in [-0.3, -0.25) is 4.79 Å². The van der Waals surface area contributed by atoms with Gasteiger partial charge >= 0.3 is 6.03 Å². The summed E-state index contributed by atoms with van der Waals surface area (Å²) in [6.07, 6.45) is 1.53. The summed E-state index contributed by atoms with van der Waals surface area (Å²) in [7, 11) is 0. The Morgan fingerprint density at radius 1 is 1.03 bits per heavy atom. The highest BCUT2D eigenvalue weighted by atomic mass is 32.1. The molecule has 2 heterocycles. The number of nitrogens with one attached hydrogen (secondary N) is 2. The molecule has 3 aromatic rings. The molecule has 1 fully saturated rings. The minimum Gasteiger partial charge on any atom is -0.334 e. The van der Waals surface area contributed by atoms with E-state index in [0.717, 1.165) is 29.7 Å². The largest absolute Gasteiger partial charge is 0.334 e. The molecule has 1 aliphatic heterocycles. The Hall–Kier alpha value is -3.40. The van der Waals surface area contributed by atoms with E-state index in [-0.39, 0.29) is 29.4 Å². The van der Waals surface area contributed by atoms with Crippen molar-refractivity contribution in [2.75, 3.05) is 11.9 Å². The number of hydrogen-bond acceptors (Lipinski definition) is 5. The van der Waals surface area contributed by atoms with Gasteiger partial charge in [-0.2, -0.15) is 0 Å². The smallest absolute Gasteiger partial charge is 0.318 e. The third-order valence-electron chi connectivity index (χ3n) is 4.89. The highest BCUT2D eigenvalue weighted by molar-refractivity contribution is 7.13. The zero-order valence-corrected chi connectivity index (χ0v) is 17.2. The second-order valence-electron chi connectivity index (χ2n) is 7.04. The molecule has 0 bridgehead atoms. The molecule has 0 spiro atoms. The summed E-state index contributed by atoms with van der Waals surface area (Å²) >= 11 is 1.13. The molecule has 0 unspecified atom stereocenters. The Morgan fingerprint density at radius 3 is 2.42 bits per heavy atom. The molecule has 0 radical (unpaired) electrons. The maximum atomic E-state index is 13.0. The Morgan fingerprint density at radius 2 is 1.71 bits per heavy atom. The van der Waals surface area contributed by atoms with Crippen LogP contribution in [-0.2, 0) is 6.54 Å². The molecule has 0 aliphatic carbocycles. The summed E-state index contributed by atoms with van der Waals surface area (Å²) in [6.45, 7) is 0.848. The molecular weight excluding hydrogens is 424 g/mol. The van der Waals surface area contributed by atoms with Crippen molar-refractivity contribution in [3.8, 4) is 0 Å². The van der Waals surface area contributed by atoms with Crippen LogP contribution in [-0.4, -0.2) is 33.6 Å². The van der Waals surface area contributed by atoms with Gasteiger partial charge in [0, 0.05) is 18.8 Å². The van der Waals surface area contributed by atoms with E-state index in [0.29, 0.717) is 17.2 Å². The van der Waals surface area contributed by atoms with Crippen LogP contribution in [0.4, 0.5) is 19.3 Å². The molecule has 1 atom stereocenters. The summed E-state index contributed by atoms with van der Waals surface area (Å²) in [5.74, 6) is -1.17. The van der Waals surface area contributed by atoms with Gasteiger partial charge in [0.15, 0.2) is 0 Å². The third kappa shape index (κ3) is 5.02. The lowest BCUT2D eigenvalue weighted by molar-refractivity contribution is 0.102. The number of nitrogens with zero attached hydrogens (tertiary/aromatic N) is 3. The van der Waals surface area contributed by atoms with Crippen molar-refractivity contribution < 1.29 is 18.4 Å². The van der Waals surface area contributed by atoms with Crippen molar-refractivity contribution in [1.82, 2.24) is 20.4 Å². The first-order chi connectivity index (χ1) is 15.0. The minimum absolute atomic E-state index is 0.165. The summed E-state index contributed by atoms with van der Waals surface area (Å²) in [6, 6.07) is 10.8. The molecule has 1 aromatic heterocycles. The summed E-state index contributed by atoms with van der Waals surface area (Å²) in [4.78, 5) is 26.7. The van der Waals surface area contributed by atoms with Gasteiger partial charge in [0.25, 0.3) is 5.91 Å². The first-order valence-corrected chi connectivity index (χ1v) is 10.5. The van der Waals surface area contributed by atoms with E-state index in [1.165, 1.54) is 36.4 Å².